The molecule has 178 valence electrons. The third-order valence-corrected chi connectivity index (χ3v) is 7.52. The first-order valence-electron chi connectivity index (χ1n) is 12.0. The maximum atomic E-state index is 12.2. The van der Waals surface area contributed by atoms with Crippen LogP contribution in [-0.4, -0.2) is 30.9 Å². The Hall–Kier alpha value is -2.94. The first-order valence-corrected chi connectivity index (χ1v) is 13.7. The SMILES string of the molecule is CCCCCCCCc1ccc(-c2ccc(S(=O)(=O)CCO)cc2)cc1C#Cc1ccccn1. The number of hydrogen-bond acceptors (Lipinski definition) is 4. The summed E-state index contributed by atoms with van der Waals surface area (Å²) in [5.74, 6) is 6.22. The third kappa shape index (κ3) is 7.55. The Morgan fingerprint density at radius 1 is 0.853 bits per heavy atom. The second-order valence-corrected chi connectivity index (χ2v) is 10.5. The lowest BCUT2D eigenvalue weighted by molar-refractivity contribution is 0.319. The number of sulfone groups is 1. The van der Waals surface area contributed by atoms with Crippen LogP contribution in [0.4, 0.5) is 0 Å². The molecule has 1 heterocycles. The predicted molar refractivity (Wildman–Crippen MR) is 138 cm³/mol. The Labute approximate surface area is 204 Å². The molecule has 0 bridgehead atoms. The van der Waals surface area contributed by atoms with E-state index in [4.69, 9.17) is 5.11 Å². The van der Waals surface area contributed by atoms with Gasteiger partial charge in [-0.25, -0.2) is 13.4 Å². The number of pyridine rings is 1. The molecule has 0 fully saturated rings. The lowest BCUT2D eigenvalue weighted by Crippen LogP contribution is -2.09. The molecule has 0 radical (unpaired) electrons. The van der Waals surface area contributed by atoms with Crippen molar-refractivity contribution >= 4 is 9.84 Å². The van der Waals surface area contributed by atoms with Crippen molar-refractivity contribution in [2.24, 2.45) is 0 Å². The van der Waals surface area contributed by atoms with E-state index in [-0.39, 0.29) is 17.3 Å². The van der Waals surface area contributed by atoms with Crippen LogP contribution in [0.2, 0.25) is 0 Å². The molecule has 1 N–H and O–H groups in total. The van der Waals surface area contributed by atoms with Crippen LogP contribution in [-0.2, 0) is 16.3 Å². The molecule has 0 amide bonds. The fraction of sp³-hybridized carbons (Fsp3) is 0.345. The van der Waals surface area contributed by atoms with E-state index in [1.54, 1.807) is 18.3 Å². The Kier molecular flexibility index (Phi) is 9.88. The van der Waals surface area contributed by atoms with Crippen molar-refractivity contribution in [3.8, 4) is 23.0 Å². The quantitative estimate of drug-likeness (QED) is 0.280. The molecule has 0 atom stereocenters. The number of aromatic nitrogens is 1. The normalized spacial score (nSPS) is 11.1. The summed E-state index contributed by atoms with van der Waals surface area (Å²) < 4.78 is 24.4. The van der Waals surface area contributed by atoms with Crippen molar-refractivity contribution in [1.82, 2.24) is 4.98 Å². The minimum Gasteiger partial charge on any atom is -0.395 e. The van der Waals surface area contributed by atoms with E-state index in [1.807, 2.05) is 30.3 Å². The molecule has 0 saturated heterocycles. The maximum absolute atomic E-state index is 12.2. The molecular formula is C29H33NO3S. The van der Waals surface area contributed by atoms with Gasteiger partial charge in [0.15, 0.2) is 9.84 Å². The Balaban J connectivity index is 1.84. The predicted octanol–water partition coefficient (Wildman–Crippen LogP) is 5.82. The monoisotopic (exact) mass is 475 g/mol. The zero-order chi connectivity index (χ0) is 24.2. The lowest BCUT2D eigenvalue weighted by Gasteiger charge is -2.10. The number of unbranched alkanes of at least 4 members (excludes halogenated alkanes) is 5. The molecule has 2 aromatic carbocycles. The molecule has 0 unspecified atom stereocenters. The summed E-state index contributed by atoms with van der Waals surface area (Å²) in [5.41, 5.74) is 4.86. The minimum absolute atomic E-state index is 0.222. The van der Waals surface area contributed by atoms with E-state index in [0.717, 1.165) is 35.2 Å². The number of benzene rings is 2. The molecule has 0 aliphatic heterocycles. The van der Waals surface area contributed by atoms with E-state index in [9.17, 15) is 8.42 Å². The van der Waals surface area contributed by atoms with Crippen molar-refractivity contribution in [3.63, 3.8) is 0 Å². The summed E-state index contributed by atoms with van der Waals surface area (Å²) in [4.78, 5) is 4.53. The lowest BCUT2D eigenvalue weighted by atomic mass is 9.96. The molecule has 34 heavy (non-hydrogen) atoms. The van der Waals surface area contributed by atoms with Gasteiger partial charge < -0.3 is 5.11 Å². The summed E-state index contributed by atoms with van der Waals surface area (Å²) >= 11 is 0. The van der Waals surface area contributed by atoms with E-state index in [0.29, 0.717) is 0 Å². The van der Waals surface area contributed by atoms with Crippen molar-refractivity contribution in [3.05, 3.63) is 83.7 Å². The van der Waals surface area contributed by atoms with Gasteiger partial charge in [0.1, 0.15) is 5.69 Å². The largest absolute Gasteiger partial charge is 0.395 e. The summed E-state index contributed by atoms with van der Waals surface area (Å²) in [6.07, 6.45) is 10.2. The Bertz CT molecular complexity index is 1210. The summed E-state index contributed by atoms with van der Waals surface area (Å²) in [5, 5.41) is 9.00. The van der Waals surface area contributed by atoms with Gasteiger partial charge in [-0.2, -0.15) is 0 Å². The number of rotatable bonds is 11. The molecule has 5 heteroatoms. The van der Waals surface area contributed by atoms with E-state index < -0.39 is 9.84 Å². The molecule has 0 aliphatic carbocycles. The smallest absolute Gasteiger partial charge is 0.180 e. The highest BCUT2D eigenvalue weighted by atomic mass is 32.2. The second kappa shape index (κ2) is 13.1. The first kappa shape index (κ1) is 25.7. The average molecular weight is 476 g/mol. The van der Waals surface area contributed by atoms with Crippen LogP contribution < -0.4 is 0 Å². The zero-order valence-electron chi connectivity index (χ0n) is 19.8. The van der Waals surface area contributed by atoms with Crippen LogP contribution in [0, 0.1) is 11.8 Å². The van der Waals surface area contributed by atoms with Crippen molar-refractivity contribution in [1.29, 1.82) is 0 Å². The molecule has 1 aromatic heterocycles. The fourth-order valence-corrected chi connectivity index (χ4v) is 4.87. The summed E-state index contributed by atoms with van der Waals surface area (Å²) in [6.45, 7) is 1.85. The highest BCUT2D eigenvalue weighted by Gasteiger charge is 2.13. The average Bonchev–Trinajstić information content (AvgIpc) is 2.86. The first-order chi connectivity index (χ1) is 16.5. The molecule has 0 saturated carbocycles. The molecular weight excluding hydrogens is 442 g/mol. The highest BCUT2D eigenvalue weighted by molar-refractivity contribution is 7.91. The summed E-state index contributed by atoms with van der Waals surface area (Å²) in [7, 11) is -3.46. The molecule has 4 nitrogen and oxygen atoms in total. The minimum atomic E-state index is -3.46. The van der Waals surface area contributed by atoms with E-state index in [1.165, 1.54) is 37.7 Å². The molecule has 0 spiro atoms. The number of aliphatic hydroxyl groups excluding tert-OH is 1. The maximum Gasteiger partial charge on any atom is 0.180 e. The van der Waals surface area contributed by atoms with Gasteiger partial charge in [-0.3, -0.25) is 0 Å². The second-order valence-electron chi connectivity index (χ2n) is 8.42. The zero-order valence-corrected chi connectivity index (χ0v) is 20.7. The van der Waals surface area contributed by atoms with Gasteiger partial charge in [-0.15, -0.1) is 0 Å². The Morgan fingerprint density at radius 2 is 1.59 bits per heavy atom. The van der Waals surface area contributed by atoms with E-state index >= 15 is 0 Å². The van der Waals surface area contributed by atoms with Gasteiger partial charge in [0.2, 0.25) is 0 Å². The van der Waals surface area contributed by atoms with Crippen molar-refractivity contribution in [2.75, 3.05) is 12.4 Å². The van der Waals surface area contributed by atoms with Crippen molar-refractivity contribution < 1.29 is 13.5 Å². The van der Waals surface area contributed by atoms with Crippen LogP contribution in [0.15, 0.2) is 71.8 Å². The molecule has 0 aliphatic rings. The fourth-order valence-electron chi connectivity index (χ4n) is 3.85. The highest BCUT2D eigenvalue weighted by Crippen LogP contribution is 2.25. The van der Waals surface area contributed by atoms with Gasteiger partial charge in [0.05, 0.1) is 17.3 Å². The number of aliphatic hydroxyl groups is 1. The number of aryl methyl sites for hydroxylation is 1. The van der Waals surface area contributed by atoms with Gasteiger partial charge >= 0.3 is 0 Å². The number of hydrogen-bond donors (Lipinski definition) is 1. The van der Waals surface area contributed by atoms with Crippen LogP contribution in [0.3, 0.4) is 0 Å². The summed E-state index contributed by atoms with van der Waals surface area (Å²) in [6, 6.07) is 18.8. The Morgan fingerprint density at radius 3 is 2.29 bits per heavy atom. The van der Waals surface area contributed by atoms with Crippen LogP contribution in [0.1, 0.15) is 62.3 Å². The third-order valence-electron chi connectivity index (χ3n) is 5.81. The van der Waals surface area contributed by atoms with Gasteiger partial charge in [0.25, 0.3) is 0 Å². The van der Waals surface area contributed by atoms with Crippen LogP contribution >= 0.6 is 0 Å². The van der Waals surface area contributed by atoms with Crippen molar-refractivity contribution in [2.45, 2.75) is 56.8 Å². The molecule has 3 rings (SSSR count). The van der Waals surface area contributed by atoms with Crippen LogP contribution in [0.5, 0.6) is 0 Å². The van der Waals surface area contributed by atoms with Gasteiger partial charge in [0, 0.05) is 11.8 Å². The van der Waals surface area contributed by atoms with E-state index in [2.05, 4.69) is 41.9 Å². The van der Waals surface area contributed by atoms with Gasteiger partial charge in [-0.1, -0.05) is 75.3 Å². The standard InChI is InChI=1S/C29H33NO3S/c1-2-3-4-5-6-7-10-24-12-13-26(23-27(24)14-17-28-11-8-9-20-30-28)25-15-18-29(19-16-25)34(32,33)22-21-31/h8-9,11-13,15-16,18-20,23,31H,2-7,10,21-22H2,1H3. The molecule has 3 aromatic rings. The van der Waals surface area contributed by atoms with Gasteiger partial charge in [-0.05, 0) is 65.8 Å². The number of nitrogens with zero attached hydrogens (tertiary/aromatic N) is 1. The topological polar surface area (TPSA) is 67.3 Å². The van der Waals surface area contributed by atoms with Crippen LogP contribution in [0.25, 0.3) is 11.1 Å².